The second-order valence-corrected chi connectivity index (χ2v) is 7.65. The lowest BCUT2D eigenvalue weighted by molar-refractivity contribution is -0.143. The van der Waals surface area contributed by atoms with E-state index in [1.807, 2.05) is 0 Å². The highest BCUT2D eigenvalue weighted by Gasteiger charge is 2.32. The number of rotatable bonds is 6. The molecule has 0 heterocycles. The molecule has 0 saturated carbocycles. The van der Waals surface area contributed by atoms with E-state index in [4.69, 9.17) is 4.74 Å². The van der Waals surface area contributed by atoms with E-state index in [0.717, 1.165) is 18.2 Å². The van der Waals surface area contributed by atoms with Crippen molar-refractivity contribution < 1.29 is 37.0 Å². The maximum Gasteiger partial charge on any atom is 0.416 e. The fourth-order valence-corrected chi connectivity index (χ4v) is 2.98. The monoisotopic (exact) mass is 449 g/mol. The van der Waals surface area contributed by atoms with E-state index in [1.54, 1.807) is 12.1 Å². The molecule has 1 amide bonds. The number of hydrogen-bond donors (Lipinski definition) is 2. The first-order chi connectivity index (χ1) is 14.9. The van der Waals surface area contributed by atoms with Crippen LogP contribution in [0.5, 0.6) is 5.75 Å². The summed E-state index contributed by atoms with van der Waals surface area (Å²) >= 11 is 0. The number of amides is 1. The van der Waals surface area contributed by atoms with E-state index in [9.17, 15) is 32.3 Å². The third-order valence-electron chi connectivity index (χ3n) is 4.81. The fourth-order valence-electron chi connectivity index (χ4n) is 2.98. The number of carboxylic acid groups (broad SMARTS) is 1. The van der Waals surface area contributed by atoms with Gasteiger partial charge < -0.3 is 15.2 Å². The minimum atomic E-state index is -4.48. The van der Waals surface area contributed by atoms with E-state index in [0.29, 0.717) is 5.56 Å². The zero-order valence-electron chi connectivity index (χ0n) is 17.1. The van der Waals surface area contributed by atoms with Gasteiger partial charge in [0.25, 0.3) is 5.91 Å². The molecule has 0 aliphatic rings. The number of ether oxygens (including phenoxy) is 1. The first-order valence-electron chi connectivity index (χ1n) is 9.46. The summed E-state index contributed by atoms with van der Waals surface area (Å²) in [7, 11) is 0. The Morgan fingerprint density at radius 2 is 1.59 bits per heavy atom. The van der Waals surface area contributed by atoms with E-state index < -0.39 is 35.0 Å². The number of hydrogen-bond acceptors (Lipinski definition) is 3. The number of carbonyl (C=O) groups is 2. The van der Waals surface area contributed by atoms with Gasteiger partial charge in [-0.2, -0.15) is 13.2 Å². The van der Waals surface area contributed by atoms with Gasteiger partial charge in [-0.1, -0.05) is 36.4 Å². The van der Waals surface area contributed by atoms with Crippen LogP contribution < -0.4 is 10.1 Å². The number of benzene rings is 3. The molecule has 0 fully saturated rings. The molecular weight excluding hydrogens is 430 g/mol. The van der Waals surface area contributed by atoms with Crippen molar-refractivity contribution in [2.24, 2.45) is 0 Å². The Morgan fingerprint density at radius 1 is 1.00 bits per heavy atom. The highest BCUT2D eigenvalue weighted by molar-refractivity contribution is 6.05. The van der Waals surface area contributed by atoms with Crippen molar-refractivity contribution in [2.45, 2.75) is 32.2 Å². The third kappa shape index (κ3) is 4.82. The molecule has 3 aromatic carbocycles. The SMILES string of the molecule is CC(C)(NC(=O)c1cc(F)c2ccccc2c1OCc1ccc(C(F)(F)F)cc1)C(=O)O. The molecule has 2 N–H and O–H groups in total. The first-order valence-corrected chi connectivity index (χ1v) is 9.46. The van der Waals surface area contributed by atoms with Crippen molar-refractivity contribution in [1.29, 1.82) is 0 Å². The number of fused-ring (bicyclic) bond motifs is 1. The number of halogens is 4. The summed E-state index contributed by atoms with van der Waals surface area (Å²) in [4.78, 5) is 24.2. The number of aliphatic carboxylic acids is 1. The molecule has 9 heteroatoms. The van der Waals surface area contributed by atoms with Crippen LogP contribution in [0.3, 0.4) is 0 Å². The Balaban J connectivity index is 1.99. The quantitative estimate of drug-likeness (QED) is 0.509. The van der Waals surface area contributed by atoms with Crippen LogP contribution in [-0.2, 0) is 17.6 Å². The molecule has 168 valence electrons. The van der Waals surface area contributed by atoms with Crippen molar-refractivity contribution in [3.05, 3.63) is 77.1 Å². The molecule has 5 nitrogen and oxygen atoms in total. The van der Waals surface area contributed by atoms with Gasteiger partial charge in [-0.15, -0.1) is 0 Å². The van der Waals surface area contributed by atoms with Gasteiger partial charge in [-0.3, -0.25) is 4.79 Å². The highest BCUT2D eigenvalue weighted by atomic mass is 19.4. The standard InChI is InChI=1S/C23H19F4NO4/c1-22(2,21(30)31)28-20(29)17-11-18(24)15-5-3-4-6-16(15)19(17)32-12-13-7-9-14(10-8-13)23(25,26)27/h3-11H,12H2,1-2H3,(H,28,29)(H,30,31). The summed E-state index contributed by atoms with van der Waals surface area (Å²) in [5.74, 6) is -2.88. The average molecular weight is 449 g/mol. The van der Waals surface area contributed by atoms with Crippen molar-refractivity contribution in [3.63, 3.8) is 0 Å². The Hall–Kier alpha value is -3.62. The molecule has 0 aliphatic heterocycles. The lowest BCUT2D eigenvalue weighted by Gasteiger charge is -2.22. The molecule has 0 aliphatic carbocycles. The van der Waals surface area contributed by atoms with E-state index in [-0.39, 0.29) is 28.7 Å². The first kappa shape index (κ1) is 23.1. The Morgan fingerprint density at radius 3 is 2.16 bits per heavy atom. The minimum absolute atomic E-state index is 0.0133. The van der Waals surface area contributed by atoms with Gasteiger partial charge in [0.1, 0.15) is 23.7 Å². The van der Waals surface area contributed by atoms with Crippen LogP contribution in [0, 0.1) is 5.82 Å². The smallest absolute Gasteiger partial charge is 0.416 e. The number of carbonyl (C=O) groups excluding carboxylic acids is 1. The van der Waals surface area contributed by atoms with Crippen LogP contribution in [-0.4, -0.2) is 22.5 Å². The van der Waals surface area contributed by atoms with Gasteiger partial charge in [0.05, 0.1) is 11.1 Å². The van der Waals surface area contributed by atoms with Gasteiger partial charge in [-0.25, -0.2) is 9.18 Å². The third-order valence-corrected chi connectivity index (χ3v) is 4.81. The molecule has 32 heavy (non-hydrogen) atoms. The topological polar surface area (TPSA) is 75.6 Å². The van der Waals surface area contributed by atoms with Crippen LogP contribution >= 0.6 is 0 Å². The molecule has 0 unspecified atom stereocenters. The highest BCUT2D eigenvalue weighted by Crippen LogP contribution is 2.34. The predicted molar refractivity (Wildman–Crippen MR) is 109 cm³/mol. The number of nitrogens with one attached hydrogen (secondary N) is 1. The summed E-state index contributed by atoms with van der Waals surface area (Å²) < 4.78 is 58.7. The Bertz CT molecular complexity index is 1170. The summed E-state index contributed by atoms with van der Waals surface area (Å²) in [6, 6.07) is 11.4. The molecular formula is C23H19F4NO4. The Labute approximate surface area is 180 Å². The zero-order chi connectivity index (χ0) is 23.7. The molecule has 0 radical (unpaired) electrons. The van der Waals surface area contributed by atoms with Crippen molar-refractivity contribution >= 4 is 22.6 Å². The maximum absolute atomic E-state index is 14.6. The van der Waals surface area contributed by atoms with E-state index >= 15 is 0 Å². The molecule has 0 saturated heterocycles. The van der Waals surface area contributed by atoms with Crippen LogP contribution in [0.1, 0.15) is 35.3 Å². The average Bonchev–Trinajstić information content (AvgIpc) is 2.72. The summed E-state index contributed by atoms with van der Waals surface area (Å²) in [6.45, 7) is 2.34. The van der Waals surface area contributed by atoms with Crippen molar-refractivity contribution in [3.8, 4) is 5.75 Å². The lowest BCUT2D eigenvalue weighted by Crippen LogP contribution is -2.49. The van der Waals surface area contributed by atoms with Crippen LogP contribution in [0.4, 0.5) is 17.6 Å². The number of alkyl halides is 3. The van der Waals surface area contributed by atoms with E-state index in [1.165, 1.54) is 38.1 Å². The van der Waals surface area contributed by atoms with E-state index in [2.05, 4.69) is 5.32 Å². The van der Waals surface area contributed by atoms with Crippen LogP contribution in [0.15, 0.2) is 54.6 Å². The summed E-state index contributed by atoms with van der Waals surface area (Å²) in [6.07, 6.45) is -4.48. The van der Waals surface area contributed by atoms with Gasteiger partial charge in [-0.05, 0) is 37.6 Å². The minimum Gasteiger partial charge on any atom is -0.487 e. The second-order valence-electron chi connectivity index (χ2n) is 7.65. The molecule has 0 atom stereocenters. The van der Waals surface area contributed by atoms with Crippen molar-refractivity contribution in [1.82, 2.24) is 5.32 Å². The van der Waals surface area contributed by atoms with Gasteiger partial charge in [0, 0.05) is 10.8 Å². The Kier molecular flexibility index (Phi) is 6.11. The molecule has 0 bridgehead atoms. The summed E-state index contributed by atoms with van der Waals surface area (Å²) in [5, 5.41) is 12.0. The second kappa shape index (κ2) is 8.49. The van der Waals surface area contributed by atoms with Gasteiger partial charge in [0.2, 0.25) is 0 Å². The van der Waals surface area contributed by atoms with Crippen LogP contribution in [0.2, 0.25) is 0 Å². The largest absolute Gasteiger partial charge is 0.487 e. The molecule has 0 spiro atoms. The normalized spacial score (nSPS) is 11.9. The van der Waals surface area contributed by atoms with Crippen LogP contribution in [0.25, 0.3) is 10.8 Å². The lowest BCUT2D eigenvalue weighted by atomic mass is 10.0. The fraction of sp³-hybridized carbons (Fsp3) is 0.217. The summed E-state index contributed by atoms with van der Waals surface area (Å²) in [5.41, 5.74) is -2.29. The van der Waals surface area contributed by atoms with Crippen molar-refractivity contribution in [2.75, 3.05) is 0 Å². The zero-order valence-corrected chi connectivity index (χ0v) is 17.1. The maximum atomic E-state index is 14.6. The number of carboxylic acids is 1. The molecule has 3 aromatic rings. The van der Waals surface area contributed by atoms with Gasteiger partial charge in [0.15, 0.2) is 0 Å². The molecule has 3 rings (SSSR count). The molecule has 0 aromatic heterocycles. The van der Waals surface area contributed by atoms with Gasteiger partial charge >= 0.3 is 12.1 Å². The predicted octanol–water partition coefficient (Wildman–Crippen LogP) is 5.17.